The van der Waals surface area contributed by atoms with Crippen LogP contribution < -0.4 is 0 Å². The number of rotatable bonds is 0. The molecule has 0 fully saturated rings. The van der Waals surface area contributed by atoms with E-state index in [-0.39, 0.29) is 17.1 Å². The van der Waals surface area contributed by atoms with Gasteiger partial charge in [0.25, 0.3) is 0 Å². The molecule has 0 aliphatic carbocycles. The van der Waals surface area contributed by atoms with E-state index in [1.807, 2.05) is 0 Å². The van der Waals surface area contributed by atoms with E-state index in [0.29, 0.717) is 0 Å². The molecule has 0 aliphatic rings. The predicted octanol–water partition coefficient (Wildman–Crippen LogP) is -1.16. The normalized spacial score (nSPS) is 2.00. The zero-order valence-corrected chi connectivity index (χ0v) is 5.48. The maximum atomic E-state index is 8.50. The molecule has 0 aromatic carbocycles. The van der Waals surface area contributed by atoms with Gasteiger partial charge in [0.1, 0.15) is 0 Å². The van der Waals surface area contributed by atoms with E-state index in [1.165, 1.54) is 0 Å². The first-order valence-corrected chi connectivity index (χ1v) is 1.68. The molecule has 0 atom stereocenters. The van der Waals surface area contributed by atoms with Crippen LogP contribution >= 0.6 is 0 Å². The van der Waals surface area contributed by atoms with Gasteiger partial charge in [-0.1, -0.05) is 0 Å². The maximum absolute atomic E-state index is 8.50. The Bertz CT molecular complexity index is 27.0. The van der Waals surface area contributed by atoms with Crippen molar-refractivity contribution < 1.29 is 25.7 Å². The summed E-state index contributed by atoms with van der Waals surface area (Å²) < 4.78 is 17.0. The van der Waals surface area contributed by atoms with Gasteiger partial charge in [-0.05, 0) is 0 Å². The Morgan fingerprint density at radius 3 is 1.25 bits per heavy atom. The van der Waals surface area contributed by atoms with Gasteiger partial charge in [-0.2, -0.15) is 0 Å². The van der Waals surface area contributed by atoms with Crippen LogP contribution in [0.4, 0.5) is 0 Å². The molecule has 0 spiro atoms. The molecule has 0 unspecified atom stereocenters. The second-order valence-corrected chi connectivity index (χ2v) is 0.344. The first-order chi connectivity index (χ1) is 1.41. The van der Waals surface area contributed by atoms with Crippen molar-refractivity contribution in [1.29, 1.82) is 0 Å². The van der Waals surface area contributed by atoms with E-state index in [2.05, 4.69) is 0 Å². The van der Waals surface area contributed by atoms with E-state index in [0.717, 1.165) is 0 Å². The molecule has 4 heavy (non-hydrogen) atoms. The summed E-state index contributed by atoms with van der Waals surface area (Å²) in [6, 6.07) is 0. The fourth-order valence-electron chi connectivity index (χ4n) is 0. The molecule has 0 amide bonds. The molecular formula is H2O2SeTi. The first kappa shape index (κ1) is 8.85. The van der Waals surface area contributed by atoms with Crippen LogP contribution in [0.1, 0.15) is 0 Å². The molecule has 24 valence electrons. The molecule has 0 rings (SSSR count). The van der Waals surface area contributed by atoms with Crippen molar-refractivity contribution in [3.05, 3.63) is 0 Å². The summed E-state index contributed by atoms with van der Waals surface area (Å²) in [4.78, 5) is 0. The van der Waals surface area contributed by atoms with Crippen LogP contribution in [0.5, 0.6) is 0 Å². The minimum absolute atomic E-state index is 0. The van der Waals surface area contributed by atoms with Crippen molar-refractivity contribution in [2.75, 3.05) is 0 Å². The summed E-state index contributed by atoms with van der Waals surface area (Å²) in [7, 11) is 0. The Hall–Kier alpha value is 0.834. The predicted molar refractivity (Wildman–Crippen MR) is 9.92 cm³/mol. The van der Waals surface area contributed by atoms with E-state index in [9.17, 15) is 0 Å². The van der Waals surface area contributed by atoms with Crippen molar-refractivity contribution >= 4 is 17.1 Å². The third kappa shape index (κ3) is 13.7. The van der Waals surface area contributed by atoms with Crippen LogP contribution in [0.2, 0.25) is 0 Å². The van der Waals surface area contributed by atoms with Gasteiger partial charge in [0, 0.05) is 0 Å². The molecule has 0 aromatic rings. The molecule has 0 bridgehead atoms. The summed E-state index contributed by atoms with van der Waals surface area (Å²) in [6.07, 6.45) is 0. The van der Waals surface area contributed by atoms with Gasteiger partial charge in [0.15, 0.2) is 0 Å². The molecule has 0 saturated heterocycles. The van der Waals surface area contributed by atoms with E-state index in [4.69, 9.17) is 6.65 Å². The summed E-state index contributed by atoms with van der Waals surface area (Å²) in [5, 5.41) is 0. The Morgan fingerprint density at radius 2 is 1.25 bits per heavy atom. The number of hydrogen-bond acceptors (Lipinski definition) is 2. The molecule has 2 nitrogen and oxygen atoms in total. The van der Waals surface area contributed by atoms with Crippen molar-refractivity contribution in [2.24, 2.45) is 0 Å². The van der Waals surface area contributed by atoms with Crippen LogP contribution in [-0.2, 0) is 25.7 Å². The topological polar surface area (TPSA) is 34.1 Å². The average molecular weight is 161 g/mol. The van der Waals surface area contributed by atoms with Gasteiger partial charge in [-0.25, -0.2) is 0 Å². The van der Waals surface area contributed by atoms with Crippen LogP contribution in [0, 0.1) is 0 Å². The first-order valence-electron chi connectivity index (χ1n) is 0.408. The Morgan fingerprint density at radius 1 is 1.25 bits per heavy atom. The molecule has 0 N–H and O–H groups in total. The van der Waals surface area contributed by atoms with Crippen molar-refractivity contribution in [3.8, 4) is 0 Å². The summed E-state index contributed by atoms with van der Waals surface area (Å²) in [6.45, 7) is 0. The third-order valence-electron chi connectivity index (χ3n) is 0. The Labute approximate surface area is 43.0 Å². The molecule has 0 aromatic heterocycles. The molecule has 0 saturated carbocycles. The van der Waals surface area contributed by atoms with Gasteiger partial charge in [0.05, 0.1) is 0 Å². The molecule has 0 radical (unpaired) electrons. The molecule has 0 heterocycles. The van der Waals surface area contributed by atoms with Gasteiger partial charge in [-0.3, -0.25) is 0 Å². The molecule has 4 heteroatoms. The van der Waals surface area contributed by atoms with Crippen LogP contribution in [0.25, 0.3) is 0 Å². The second kappa shape index (κ2) is 9.16. The quantitative estimate of drug-likeness (QED) is 0.420. The van der Waals surface area contributed by atoms with E-state index >= 15 is 0 Å². The second-order valence-electron chi connectivity index (χ2n) is 0.0833. The van der Waals surface area contributed by atoms with E-state index in [1.54, 1.807) is 0 Å². The standard InChI is InChI=1S/2O.H2Se.Ti/h;;1H2;. The fraction of sp³-hybridized carbons (Fsp3) is 0. The zero-order chi connectivity index (χ0) is 2.71. The van der Waals surface area contributed by atoms with Crippen LogP contribution in [0.3, 0.4) is 0 Å². The Balaban J connectivity index is 0. The van der Waals surface area contributed by atoms with Gasteiger partial charge < -0.3 is 0 Å². The minimum atomic E-state index is -2.00. The van der Waals surface area contributed by atoms with Crippen LogP contribution in [0.15, 0.2) is 0 Å². The summed E-state index contributed by atoms with van der Waals surface area (Å²) in [5.41, 5.74) is 0. The average Bonchev–Trinajstić information content (AvgIpc) is 0.918. The summed E-state index contributed by atoms with van der Waals surface area (Å²) in [5.74, 6) is 0. The van der Waals surface area contributed by atoms with Crippen molar-refractivity contribution in [2.45, 2.75) is 0 Å². The fourth-order valence-corrected chi connectivity index (χ4v) is 0. The molecular weight excluding hydrogens is 159 g/mol. The monoisotopic (exact) mass is 162 g/mol. The summed E-state index contributed by atoms with van der Waals surface area (Å²) >= 11 is -2.00. The van der Waals surface area contributed by atoms with E-state index < -0.39 is 19.1 Å². The van der Waals surface area contributed by atoms with Gasteiger partial charge >= 0.3 is 42.8 Å². The number of hydrogen-bond donors (Lipinski definition) is 0. The SMILES string of the molecule is [O]=[Ti]=[O].[SeH2]. The van der Waals surface area contributed by atoms with Crippen LogP contribution in [-0.4, -0.2) is 17.1 Å². The third-order valence-corrected chi connectivity index (χ3v) is 0. The van der Waals surface area contributed by atoms with Gasteiger partial charge in [-0.15, -0.1) is 0 Å². The zero-order valence-electron chi connectivity index (χ0n) is 1.82. The van der Waals surface area contributed by atoms with Crippen molar-refractivity contribution in [3.63, 3.8) is 0 Å². The van der Waals surface area contributed by atoms with Crippen molar-refractivity contribution in [1.82, 2.24) is 0 Å². The molecule has 0 aliphatic heterocycles. The Kier molecular flexibility index (Phi) is 20.2. The van der Waals surface area contributed by atoms with Gasteiger partial charge in [0.2, 0.25) is 0 Å².